The molecule has 0 saturated carbocycles. The van der Waals surface area contributed by atoms with Crippen LogP contribution >= 0.6 is 11.6 Å². The van der Waals surface area contributed by atoms with E-state index in [1.165, 1.54) is 6.08 Å². The van der Waals surface area contributed by atoms with Crippen molar-refractivity contribution < 1.29 is 9.90 Å². The first-order chi connectivity index (χ1) is 6.68. The molecule has 3 nitrogen and oxygen atoms in total. The van der Waals surface area contributed by atoms with Crippen LogP contribution in [0, 0.1) is 0 Å². The van der Waals surface area contributed by atoms with E-state index in [-0.39, 0.29) is 0 Å². The number of hydrogen-bond acceptors (Lipinski definition) is 2. The second-order valence-corrected chi connectivity index (χ2v) is 3.07. The Balaban J connectivity index is 2.42. The lowest BCUT2D eigenvalue weighted by Crippen LogP contribution is -1.98. The summed E-state index contributed by atoms with van der Waals surface area (Å²) in [6, 6.07) is 7.24. The summed E-state index contributed by atoms with van der Waals surface area (Å²) in [5.74, 6) is -0.946. The molecule has 0 heterocycles. The second-order valence-electron chi connectivity index (χ2n) is 2.63. The van der Waals surface area contributed by atoms with Crippen LogP contribution in [-0.2, 0) is 4.79 Å². The Labute approximate surface area is 87.0 Å². The molecule has 2 N–H and O–H groups in total. The van der Waals surface area contributed by atoms with Gasteiger partial charge in [0, 0.05) is 23.3 Å². The normalized spacial score (nSPS) is 10.4. The first kappa shape index (κ1) is 10.6. The van der Waals surface area contributed by atoms with Gasteiger partial charge in [-0.3, -0.25) is 0 Å². The second kappa shape index (κ2) is 5.29. The van der Waals surface area contributed by atoms with Crippen molar-refractivity contribution in [1.29, 1.82) is 0 Å². The first-order valence-electron chi connectivity index (χ1n) is 4.07. The van der Waals surface area contributed by atoms with Crippen LogP contribution in [0.1, 0.15) is 0 Å². The van der Waals surface area contributed by atoms with E-state index in [0.717, 1.165) is 11.8 Å². The number of carboxylic acids is 1. The average molecular weight is 212 g/mol. The molecule has 0 aliphatic rings. The number of carbonyl (C=O) groups is 1. The van der Waals surface area contributed by atoms with E-state index in [4.69, 9.17) is 16.7 Å². The molecule has 0 spiro atoms. The predicted octanol–water partition coefficient (Wildman–Crippen LogP) is 2.39. The Morgan fingerprint density at radius 2 is 2.36 bits per heavy atom. The molecular formula is C10H10ClNO2. The standard InChI is InChI=1S/C10H10ClNO2/c11-8-3-1-4-9(7-8)12-6-2-5-10(13)14/h1-5,7,12H,6H2,(H,13,14)/b5-2+. The third-order valence-corrected chi connectivity index (χ3v) is 1.74. The largest absolute Gasteiger partial charge is 0.478 e. The minimum atomic E-state index is -0.946. The number of rotatable bonds is 4. The van der Waals surface area contributed by atoms with Gasteiger partial charge in [-0.25, -0.2) is 4.79 Å². The molecule has 0 aliphatic heterocycles. The topological polar surface area (TPSA) is 49.3 Å². The lowest BCUT2D eigenvalue weighted by molar-refractivity contribution is -0.131. The maximum atomic E-state index is 10.1. The summed E-state index contributed by atoms with van der Waals surface area (Å²) < 4.78 is 0. The Bertz CT molecular complexity index is 350. The molecule has 1 aromatic rings. The molecule has 4 heteroatoms. The number of anilines is 1. The van der Waals surface area contributed by atoms with Gasteiger partial charge in [0.05, 0.1) is 0 Å². The summed E-state index contributed by atoms with van der Waals surface area (Å²) in [7, 11) is 0. The number of benzene rings is 1. The van der Waals surface area contributed by atoms with Crippen LogP contribution < -0.4 is 5.32 Å². The van der Waals surface area contributed by atoms with E-state index in [0.29, 0.717) is 11.6 Å². The summed E-state index contributed by atoms with van der Waals surface area (Å²) in [6.07, 6.45) is 2.63. The Kier molecular flexibility index (Phi) is 4.01. The molecule has 74 valence electrons. The van der Waals surface area contributed by atoms with Gasteiger partial charge in [-0.15, -0.1) is 0 Å². The van der Waals surface area contributed by atoms with Gasteiger partial charge in [-0.2, -0.15) is 0 Å². The van der Waals surface area contributed by atoms with Gasteiger partial charge in [0.2, 0.25) is 0 Å². The molecule has 0 fully saturated rings. The Hall–Kier alpha value is -1.48. The van der Waals surface area contributed by atoms with Crippen molar-refractivity contribution in [2.75, 3.05) is 11.9 Å². The fourth-order valence-corrected chi connectivity index (χ4v) is 1.13. The van der Waals surface area contributed by atoms with Crippen molar-refractivity contribution in [3.8, 4) is 0 Å². The van der Waals surface area contributed by atoms with E-state index in [9.17, 15) is 4.79 Å². The van der Waals surface area contributed by atoms with Crippen molar-refractivity contribution >= 4 is 23.3 Å². The number of hydrogen-bond donors (Lipinski definition) is 2. The molecule has 0 amide bonds. The minimum absolute atomic E-state index is 0.465. The molecule has 0 unspecified atom stereocenters. The predicted molar refractivity (Wildman–Crippen MR) is 56.7 cm³/mol. The van der Waals surface area contributed by atoms with Crippen LogP contribution in [0.5, 0.6) is 0 Å². The number of carboxylic acid groups (broad SMARTS) is 1. The van der Waals surface area contributed by atoms with Gasteiger partial charge in [-0.05, 0) is 18.2 Å². The Morgan fingerprint density at radius 1 is 1.57 bits per heavy atom. The molecule has 0 radical (unpaired) electrons. The summed E-state index contributed by atoms with van der Waals surface area (Å²) in [4.78, 5) is 10.1. The quantitative estimate of drug-likeness (QED) is 0.752. The van der Waals surface area contributed by atoms with Crippen LogP contribution in [0.15, 0.2) is 36.4 Å². The highest BCUT2D eigenvalue weighted by Crippen LogP contribution is 2.14. The molecular weight excluding hydrogens is 202 g/mol. The summed E-state index contributed by atoms with van der Waals surface area (Å²) in [5, 5.41) is 12.0. The Morgan fingerprint density at radius 3 is 3.00 bits per heavy atom. The fraction of sp³-hybridized carbons (Fsp3) is 0.100. The summed E-state index contributed by atoms with van der Waals surface area (Å²) >= 11 is 5.76. The number of nitrogens with one attached hydrogen (secondary N) is 1. The third-order valence-electron chi connectivity index (χ3n) is 1.51. The van der Waals surface area contributed by atoms with Crippen molar-refractivity contribution in [2.45, 2.75) is 0 Å². The van der Waals surface area contributed by atoms with Crippen LogP contribution in [0.4, 0.5) is 5.69 Å². The minimum Gasteiger partial charge on any atom is -0.478 e. The fourth-order valence-electron chi connectivity index (χ4n) is 0.935. The highest BCUT2D eigenvalue weighted by molar-refractivity contribution is 6.30. The highest BCUT2D eigenvalue weighted by atomic mass is 35.5. The molecule has 1 rings (SSSR count). The zero-order valence-electron chi connectivity index (χ0n) is 7.40. The molecule has 0 saturated heterocycles. The lowest BCUT2D eigenvalue weighted by Gasteiger charge is -2.02. The van der Waals surface area contributed by atoms with E-state index in [2.05, 4.69) is 5.32 Å². The van der Waals surface area contributed by atoms with E-state index < -0.39 is 5.97 Å². The SMILES string of the molecule is O=C(O)/C=C/CNc1cccc(Cl)c1. The van der Waals surface area contributed by atoms with Gasteiger partial charge in [0.25, 0.3) is 0 Å². The molecule has 0 atom stereocenters. The van der Waals surface area contributed by atoms with Crippen molar-refractivity contribution in [1.82, 2.24) is 0 Å². The van der Waals surface area contributed by atoms with Crippen molar-refractivity contribution in [3.63, 3.8) is 0 Å². The van der Waals surface area contributed by atoms with Crippen LogP contribution in [0.3, 0.4) is 0 Å². The van der Waals surface area contributed by atoms with Crippen LogP contribution in [0.2, 0.25) is 5.02 Å². The lowest BCUT2D eigenvalue weighted by atomic mass is 10.3. The molecule has 14 heavy (non-hydrogen) atoms. The molecule has 0 bridgehead atoms. The average Bonchev–Trinajstić information content (AvgIpc) is 2.12. The van der Waals surface area contributed by atoms with Gasteiger partial charge in [0.15, 0.2) is 0 Å². The van der Waals surface area contributed by atoms with E-state index in [1.807, 2.05) is 12.1 Å². The maximum Gasteiger partial charge on any atom is 0.328 e. The van der Waals surface area contributed by atoms with Crippen LogP contribution in [0.25, 0.3) is 0 Å². The van der Waals surface area contributed by atoms with Gasteiger partial charge >= 0.3 is 5.97 Å². The summed E-state index contributed by atoms with van der Waals surface area (Å²) in [5.41, 5.74) is 0.868. The highest BCUT2D eigenvalue weighted by Gasteiger charge is 1.91. The van der Waals surface area contributed by atoms with Crippen LogP contribution in [-0.4, -0.2) is 17.6 Å². The van der Waals surface area contributed by atoms with E-state index in [1.54, 1.807) is 12.1 Å². The van der Waals surface area contributed by atoms with Gasteiger partial charge in [0.1, 0.15) is 0 Å². The van der Waals surface area contributed by atoms with Gasteiger partial charge < -0.3 is 10.4 Å². The zero-order valence-corrected chi connectivity index (χ0v) is 8.16. The monoisotopic (exact) mass is 211 g/mol. The maximum absolute atomic E-state index is 10.1. The van der Waals surface area contributed by atoms with Gasteiger partial charge in [-0.1, -0.05) is 23.7 Å². The first-order valence-corrected chi connectivity index (χ1v) is 4.45. The zero-order chi connectivity index (χ0) is 10.4. The van der Waals surface area contributed by atoms with Crippen molar-refractivity contribution in [2.24, 2.45) is 0 Å². The smallest absolute Gasteiger partial charge is 0.328 e. The number of aliphatic carboxylic acids is 1. The third kappa shape index (κ3) is 3.96. The number of halogens is 1. The molecule has 0 aliphatic carbocycles. The molecule has 0 aromatic heterocycles. The summed E-state index contributed by atoms with van der Waals surface area (Å²) in [6.45, 7) is 0.465. The molecule has 1 aromatic carbocycles. The van der Waals surface area contributed by atoms with Crippen molar-refractivity contribution in [3.05, 3.63) is 41.4 Å². The van der Waals surface area contributed by atoms with E-state index >= 15 is 0 Å².